The summed E-state index contributed by atoms with van der Waals surface area (Å²) in [6, 6.07) is 12.2. The lowest BCUT2D eigenvalue weighted by Crippen LogP contribution is -2.25. The third kappa shape index (κ3) is 1.83. The van der Waals surface area contributed by atoms with Crippen molar-refractivity contribution >= 4 is 0 Å². The lowest BCUT2D eigenvalue weighted by atomic mass is 9.84. The van der Waals surface area contributed by atoms with Crippen LogP contribution in [0.1, 0.15) is 34.2 Å². The number of aliphatic hydroxyl groups is 1. The number of hydrogen-bond donors (Lipinski definition) is 1. The van der Waals surface area contributed by atoms with E-state index in [1.54, 1.807) is 7.11 Å². The first-order valence-corrected chi connectivity index (χ1v) is 7.03. The normalized spacial score (nSPS) is 20.8. The van der Waals surface area contributed by atoms with Gasteiger partial charge >= 0.3 is 0 Å². The smallest absolute Gasteiger partial charge is 0.119 e. The molecule has 0 saturated heterocycles. The fourth-order valence-electron chi connectivity index (χ4n) is 3.21. The molecule has 0 bridgehead atoms. The summed E-state index contributed by atoms with van der Waals surface area (Å²) in [6.07, 6.45) is 1.64. The fourth-order valence-corrected chi connectivity index (χ4v) is 3.21. The predicted molar refractivity (Wildman–Crippen MR) is 80.2 cm³/mol. The Labute approximate surface area is 120 Å². The van der Waals surface area contributed by atoms with E-state index in [1.807, 2.05) is 24.3 Å². The van der Waals surface area contributed by atoms with Crippen LogP contribution >= 0.6 is 0 Å². The quantitative estimate of drug-likeness (QED) is 0.903. The number of aryl methyl sites for hydroxylation is 2. The van der Waals surface area contributed by atoms with E-state index in [2.05, 4.69) is 26.0 Å². The van der Waals surface area contributed by atoms with Gasteiger partial charge in [0.05, 0.1) is 7.11 Å². The fraction of sp³-hybridized carbons (Fsp3) is 0.333. The second-order valence-electron chi connectivity index (χ2n) is 5.63. The molecule has 2 heteroatoms. The molecule has 0 spiro atoms. The minimum absolute atomic E-state index is 0.736. The van der Waals surface area contributed by atoms with Crippen LogP contribution in [0, 0.1) is 13.8 Å². The van der Waals surface area contributed by atoms with Gasteiger partial charge in [0.15, 0.2) is 0 Å². The first-order chi connectivity index (χ1) is 9.56. The summed E-state index contributed by atoms with van der Waals surface area (Å²) in [7, 11) is 1.66. The lowest BCUT2D eigenvalue weighted by Gasteiger charge is -2.27. The molecule has 2 aromatic carbocycles. The van der Waals surface area contributed by atoms with Crippen LogP contribution in [0.15, 0.2) is 36.4 Å². The molecule has 0 radical (unpaired) electrons. The Bertz CT molecular complexity index is 660. The predicted octanol–water partition coefficient (Wildman–Crippen LogP) is 3.49. The van der Waals surface area contributed by atoms with Crippen molar-refractivity contribution in [3.05, 3.63) is 64.2 Å². The summed E-state index contributed by atoms with van der Waals surface area (Å²) >= 11 is 0. The van der Waals surface area contributed by atoms with Crippen molar-refractivity contribution in [3.8, 4) is 5.75 Å². The van der Waals surface area contributed by atoms with Crippen LogP contribution in [0.5, 0.6) is 5.75 Å². The average Bonchev–Trinajstić information content (AvgIpc) is 2.80. The van der Waals surface area contributed by atoms with E-state index in [0.29, 0.717) is 0 Å². The highest BCUT2D eigenvalue weighted by Gasteiger charge is 2.39. The van der Waals surface area contributed by atoms with Gasteiger partial charge in [-0.3, -0.25) is 0 Å². The molecule has 0 fully saturated rings. The van der Waals surface area contributed by atoms with Gasteiger partial charge in [0.1, 0.15) is 11.4 Å². The number of methoxy groups -OCH3 is 1. The molecule has 0 aromatic heterocycles. The molecule has 104 valence electrons. The monoisotopic (exact) mass is 268 g/mol. The van der Waals surface area contributed by atoms with Crippen LogP contribution in [0.2, 0.25) is 0 Å². The molecular formula is C18H20O2. The number of ether oxygens (including phenoxy) is 1. The summed E-state index contributed by atoms with van der Waals surface area (Å²) in [4.78, 5) is 0. The Balaban J connectivity index is 2.19. The molecular weight excluding hydrogens is 248 g/mol. The van der Waals surface area contributed by atoms with E-state index in [0.717, 1.165) is 29.7 Å². The standard InChI is InChI=1S/C18H20O2/c1-12-5-4-6-16(13(12)2)18(19)10-9-14-7-8-15(20-3)11-17(14)18/h4-8,11,19H,9-10H2,1-3H3. The van der Waals surface area contributed by atoms with E-state index in [4.69, 9.17) is 4.74 Å². The van der Waals surface area contributed by atoms with Crippen LogP contribution in [0.25, 0.3) is 0 Å². The van der Waals surface area contributed by atoms with Crippen molar-refractivity contribution in [1.82, 2.24) is 0 Å². The first-order valence-electron chi connectivity index (χ1n) is 7.03. The average molecular weight is 268 g/mol. The SMILES string of the molecule is COc1ccc2c(c1)C(O)(c1cccc(C)c1C)CC2. The molecule has 3 rings (SSSR count). The molecule has 0 amide bonds. The zero-order valence-electron chi connectivity index (χ0n) is 12.2. The Morgan fingerprint density at radius 2 is 1.90 bits per heavy atom. The van der Waals surface area contributed by atoms with Crippen molar-refractivity contribution in [2.75, 3.05) is 7.11 Å². The minimum atomic E-state index is -0.889. The van der Waals surface area contributed by atoms with Gasteiger partial charge in [-0.2, -0.15) is 0 Å². The van der Waals surface area contributed by atoms with E-state index in [9.17, 15) is 5.11 Å². The topological polar surface area (TPSA) is 29.5 Å². The van der Waals surface area contributed by atoms with Crippen molar-refractivity contribution in [1.29, 1.82) is 0 Å². The molecule has 0 saturated carbocycles. The van der Waals surface area contributed by atoms with Gasteiger partial charge < -0.3 is 9.84 Å². The van der Waals surface area contributed by atoms with Crippen LogP contribution in [-0.2, 0) is 12.0 Å². The van der Waals surface area contributed by atoms with E-state index in [-0.39, 0.29) is 0 Å². The summed E-state index contributed by atoms with van der Waals surface area (Å²) in [5, 5.41) is 11.3. The first kappa shape index (κ1) is 13.2. The molecule has 1 aliphatic rings. The number of benzene rings is 2. The van der Waals surface area contributed by atoms with Gasteiger partial charge in [-0.05, 0) is 66.6 Å². The lowest BCUT2D eigenvalue weighted by molar-refractivity contribution is 0.0820. The third-order valence-corrected chi connectivity index (χ3v) is 4.57. The van der Waals surface area contributed by atoms with Gasteiger partial charge in [0.2, 0.25) is 0 Å². The van der Waals surface area contributed by atoms with Crippen molar-refractivity contribution in [2.45, 2.75) is 32.3 Å². The molecule has 1 atom stereocenters. The Hall–Kier alpha value is -1.80. The molecule has 0 heterocycles. The maximum absolute atomic E-state index is 11.3. The third-order valence-electron chi connectivity index (χ3n) is 4.57. The van der Waals surface area contributed by atoms with Gasteiger partial charge in [-0.25, -0.2) is 0 Å². The highest BCUT2D eigenvalue weighted by molar-refractivity contribution is 5.51. The largest absolute Gasteiger partial charge is 0.497 e. The Kier molecular flexibility index (Phi) is 3.06. The van der Waals surface area contributed by atoms with Gasteiger partial charge in [0.25, 0.3) is 0 Å². The van der Waals surface area contributed by atoms with Crippen molar-refractivity contribution < 1.29 is 9.84 Å². The molecule has 1 N–H and O–H groups in total. The van der Waals surface area contributed by atoms with Crippen LogP contribution in [0.3, 0.4) is 0 Å². The maximum Gasteiger partial charge on any atom is 0.119 e. The summed E-state index contributed by atoms with van der Waals surface area (Å²) < 4.78 is 5.31. The maximum atomic E-state index is 11.3. The molecule has 2 aromatic rings. The molecule has 20 heavy (non-hydrogen) atoms. The van der Waals surface area contributed by atoms with Crippen LogP contribution in [0.4, 0.5) is 0 Å². The highest BCUT2D eigenvalue weighted by atomic mass is 16.5. The second-order valence-corrected chi connectivity index (χ2v) is 5.63. The number of hydrogen-bond acceptors (Lipinski definition) is 2. The summed E-state index contributed by atoms with van der Waals surface area (Å²) in [6.45, 7) is 4.17. The zero-order chi connectivity index (χ0) is 14.3. The molecule has 1 unspecified atom stereocenters. The molecule has 2 nitrogen and oxygen atoms in total. The van der Waals surface area contributed by atoms with E-state index >= 15 is 0 Å². The van der Waals surface area contributed by atoms with Crippen molar-refractivity contribution in [3.63, 3.8) is 0 Å². The Morgan fingerprint density at radius 3 is 2.65 bits per heavy atom. The number of fused-ring (bicyclic) bond motifs is 1. The highest BCUT2D eigenvalue weighted by Crippen LogP contribution is 2.44. The van der Waals surface area contributed by atoms with Crippen LogP contribution < -0.4 is 4.74 Å². The van der Waals surface area contributed by atoms with Crippen molar-refractivity contribution in [2.24, 2.45) is 0 Å². The Morgan fingerprint density at radius 1 is 1.10 bits per heavy atom. The number of rotatable bonds is 2. The van der Waals surface area contributed by atoms with E-state index < -0.39 is 5.60 Å². The van der Waals surface area contributed by atoms with Gasteiger partial charge in [0, 0.05) is 0 Å². The summed E-state index contributed by atoms with van der Waals surface area (Å²) in [5.74, 6) is 0.800. The molecule has 0 aliphatic heterocycles. The zero-order valence-corrected chi connectivity index (χ0v) is 12.2. The molecule has 1 aliphatic carbocycles. The van der Waals surface area contributed by atoms with E-state index in [1.165, 1.54) is 16.7 Å². The second kappa shape index (κ2) is 4.64. The van der Waals surface area contributed by atoms with Gasteiger partial charge in [-0.1, -0.05) is 24.3 Å². The minimum Gasteiger partial charge on any atom is -0.497 e. The van der Waals surface area contributed by atoms with Gasteiger partial charge in [-0.15, -0.1) is 0 Å². The summed E-state index contributed by atoms with van der Waals surface area (Å²) in [5.41, 5.74) is 4.72. The van der Waals surface area contributed by atoms with Crippen LogP contribution in [-0.4, -0.2) is 12.2 Å².